The number of hydrogen-bond acceptors (Lipinski definition) is 4. The highest BCUT2D eigenvalue weighted by Crippen LogP contribution is 2.17. The minimum atomic E-state index is -0.335. The molecule has 2 fully saturated rings. The van der Waals surface area contributed by atoms with Crippen LogP contribution in [0.25, 0.3) is 0 Å². The van der Waals surface area contributed by atoms with Crippen molar-refractivity contribution in [2.45, 2.75) is 18.5 Å². The van der Waals surface area contributed by atoms with E-state index in [0.29, 0.717) is 12.3 Å². The van der Waals surface area contributed by atoms with E-state index >= 15 is 0 Å². The van der Waals surface area contributed by atoms with Gasteiger partial charge < -0.3 is 16.0 Å². The molecular formula is C8H13N3O2S. The maximum Gasteiger partial charge on any atom is 0.279 e. The molecule has 0 aromatic rings. The molecule has 0 aromatic carbocycles. The van der Waals surface area contributed by atoms with Crippen molar-refractivity contribution in [3.63, 3.8) is 0 Å². The van der Waals surface area contributed by atoms with Crippen LogP contribution in [0.4, 0.5) is 4.79 Å². The van der Waals surface area contributed by atoms with Crippen LogP contribution in [0.15, 0.2) is 0 Å². The van der Waals surface area contributed by atoms with Gasteiger partial charge in [0, 0.05) is 24.9 Å². The third kappa shape index (κ3) is 1.85. The molecule has 0 radical (unpaired) electrons. The first-order valence-electron chi connectivity index (χ1n) is 4.64. The summed E-state index contributed by atoms with van der Waals surface area (Å²) >= 11 is 1.16. The summed E-state index contributed by atoms with van der Waals surface area (Å²) in [5, 5.41) is 2.53. The third-order valence-electron chi connectivity index (χ3n) is 2.51. The fourth-order valence-electron chi connectivity index (χ4n) is 1.73. The normalized spacial score (nSPS) is 32.1. The van der Waals surface area contributed by atoms with E-state index in [0.717, 1.165) is 24.7 Å². The van der Waals surface area contributed by atoms with E-state index in [2.05, 4.69) is 5.32 Å². The molecule has 2 aliphatic rings. The van der Waals surface area contributed by atoms with E-state index in [9.17, 15) is 9.59 Å². The van der Waals surface area contributed by atoms with E-state index in [1.807, 2.05) is 0 Å². The zero-order valence-electron chi connectivity index (χ0n) is 7.73. The number of amides is 2. The highest BCUT2D eigenvalue weighted by atomic mass is 32.2. The lowest BCUT2D eigenvalue weighted by atomic mass is 10.3. The van der Waals surface area contributed by atoms with Gasteiger partial charge in [0.2, 0.25) is 5.91 Å². The summed E-state index contributed by atoms with van der Waals surface area (Å²) in [4.78, 5) is 24.4. The van der Waals surface area contributed by atoms with Gasteiger partial charge in [-0.3, -0.25) is 9.59 Å². The van der Waals surface area contributed by atoms with Gasteiger partial charge in [-0.2, -0.15) is 0 Å². The fourth-order valence-corrected chi connectivity index (χ4v) is 2.50. The predicted molar refractivity (Wildman–Crippen MR) is 54.0 cm³/mol. The number of rotatable bonds is 1. The number of hydrogen-bond donors (Lipinski definition) is 2. The Morgan fingerprint density at radius 3 is 2.93 bits per heavy atom. The summed E-state index contributed by atoms with van der Waals surface area (Å²) in [5.41, 5.74) is 5.70. The second-order valence-corrected chi connectivity index (χ2v) is 4.62. The summed E-state index contributed by atoms with van der Waals surface area (Å²) in [6.07, 6.45) is 0.861. The molecule has 5 nitrogen and oxygen atoms in total. The molecule has 2 aliphatic heterocycles. The summed E-state index contributed by atoms with van der Waals surface area (Å²) < 4.78 is 0. The molecule has 0 aromatic heterocycles. The summed E-state index contributed by atoms with van der Waals surface area (Å²) in [7, 11) is 0. The highest BCUT2D eigenvalue weighted by Gasteiger charge is 2.33. The molecule has 0 unspecified atom stereocenters. The molecule has 2 atom stereocenters. The van der Waals surface area contributed by atoms with Crippen molar-refractivity contribution in [2.75, 3.05) is 18.8 Å². The lowest BCUT2D eigenvalue weighted by Gasteiger charge is -2.19. The Hall–Kier alpha value is -0.750. The second-order valence-electron chi connectivity index (χ2n) is 3.63. The molecule has 0 bridgehead atoms. The summed E-state index contributed by atoms with van der Waals surface area (Å²) in [6, 6.07) is -0.235. The van der Waals surface area contributed by atoms with Gasteiger partial charge in [-0.1, -0.05) is 11.8 Å². The number of likely N-dealkylation sites (tertiary alicyclic amines) is 1. The van der Waals surface area contributed by atoms with Crippen LogP contribution in [0, 0.1) is 0 Å². The van der Waals surface area contributed by atoms with Crippen molar-refractivity contribution in [1.29, 1.82) is 0 Å². The van der Waals surface area contributed by atoms with Crippen LogP contribution in [0.2, 0.25) is 0 Å². The molecule has 0 spiro atoms. The molecule has 2 amide bonds. The Kier molecular flexibility index (Phi) is 2.64. The van der Waals surface area contributed by atoms with Gasteiger partial charge in [-0.05, 0) is 6.42 Å². The van der Waals surface area contributed by atoms with Crippen molar-refractivity contribution >= 4 is 22.9 Å². The maximum absolute atomic E-state index is 11.8. The van der Waals surface area contributed by atoms with Crippen LogP contribution >= 0.6 is 11.8 Å². The number of nitrogens with one attached hydrogen (secondary N) is 1. The number of nitrogens with two attached hydrogens (primary N) is 1. The third-order valence-corrected chi connectivity index (χ3v) is 3.39. The highest BCUT2D eigenvalue weighted by molar-refractivity contribution is 8.14. The van der Waals surface area contributed by atoms with Crippen molar-refractivity contribution in [3.8, 4) is 0 Å². The second kappa shape index (κ2) is 3.78. The smallest absolute Gasteiger partial charge is 0.279 e. The van der Waals surface area contributed by atoms with E-state index in [4.69, 9.17) is 5.73 Å². The largest absolute Gasteiger partial charge is 0.339 e. The average molecular weight is 215 g/mol. The van der Waals surface area contributed by atoms with E-state index in [-0.39, 0.29) is 23.2 Å². The Labute approximate surface area is 86.4 Å². The van der Waals surface area contributed by atoms with E-state index in [1.54, 1.807) is 4.90 Å². The minimum absolute atomic E-state index is 0.0105. The quantitative estimate of drug-likeness (QED) is 0.611. The lowest BCUT2D eigenvalue weighted by molar-refractivity contribution is -0.131. The van der Waals surface area contributed by atoms with Crippen LogP contribution < -0.4 is 11.1 Å². The number of thioether (sulfide) groups is 1. The first kappa shape index (κ1) is 9.79. The van der Waals surface area contributed by atoms with Gasteiger partial charge in [0.15, 0.2) is 0 Å². The molecule has 0 saturated carbocycles. The lowest BCUT2D eigenvalue weighted by Crippen LogP contribution is -2.45. The zero-order chi connectivity index (χ0) is 10.1. The molecule has 78 valence electrons. The van der Waals surface area contributed by atoms with Gasteiger partial charge in [0.05, 0.1) is 0 Å². The van der Waals surface area contributed by atoms with Crippen molar-refractivity contribution < 1.29 is 9.59 Å². The van der Waals surface area contributed by atoms with Crippen molar-refractivity contribution in [1.82, 2.24) is 10.2 Å². The van der Waals surface area contributed by atoms with Crippen molar-refractivity contribution in [3.05, 3.63) is 0 Å². The van der Waals surface area contributed by atoms with Gasteiger partial charge in [0.25, 0.3) is 5.24 Å². The van der Waals surface area contributed by atoms with Gasteiger partial charge >= 0.3 is 0 Å². The maximum atomic E-state index is 11.8. The van der Waals surface area contributed by atoms with Crippen molar-refractivity contribution in [2.24, 2.45) is 5.73 Å². The van der Waals surface area contributed by atoms with Gasteiger partial charge in [-0.15, -0.1) is 0 Å². The van der Waals surface area contributed by atoms with Crippen LogP contribution in [-0.2, 0) is 4.79 Å². The standard InChI is InChI=1S/C8H13N3O2S/c9-5-1-2-11(3-5)7(12)6-4-14-8(13)10-6/h5-6H,1-4,9H2,(H,10,13)/t5-,6+/m1/s1. The van der Waals surface area contributed by atoms with E-state index < -0.39 is 0 Å². The summed E-state index contributed by atoms with van der Waals surface area (Å²) in [5.74, 6) is 0.556. The topological polar surface area (TPSA) is 75.4 Å². The predicted octanol–water partition coefficient (Wildman–Crippen LogP) is -0.629. The zero-order valence-corrected chi connectivity index (χ0v) is 8.55. The van der Waals surface area contributed by atoms with E-state index in [1.165, 1.54) is 0 Å². The van der Waals surface area contributed by atoms with Crippen LogP contribution in [0.3, 0.4) is 0 Å². The fraction of sp³-hybridized carbons (Fsp3) is 0.750. The Morgan fingerprint density at radius 1 is 1.64 bits per heavy atom. The van der Waals surface area contributed by atoms with Gasteiger partial charge in [-0.25, -0.2) is 0 Å². The number of nitrogens with zero attached hydrogens (tertiary/aromatic N) is 1. The molecule has 0 aliphatic carbocycles. The van der Waals surface area contributed by atoms with Crippen LogP contribution in [-0.4, -0.2) is 47.0 Å². The summed E-state index contributed by atoms with van der Waals surface area (Å²) in [6.45, 7) is 1.34. The minimum Gasteiger partial charge on any atom is -0.339 e. The molecule has 6 heteroatoms. The molecule has 3 N–H and O–H groups in total. The first-order chi connectivity index (χ1) is 6.66. The first-order valence-corrected chi connectivity index (χ1v) is 5.63. The monoisotopic (exact) mass is 215 g/mol. The molecule has 14 heavy (non-hydrogen) atoms. The molecular weight excluding hydrogens is 202 g/mol. The average Bonchev–Trinajstić information content (AvgIpc) is 2.73. The SMILES string of the molecule is N[C@@H]1CCN(C(=O)[C@@H]2CSC(=O)N2)C1. The van der Waals surface area contributed by atoms with Crippen LogP contribution in [0.1, 0.15) is 6.42 Å². The van der Waals surface area contributed by atoms with Gasteiger partial charge in [0.1, 0.15) is 6.04 Å². The number of carbonyl (C=O) groups is 2. The Balaban J connectivity index is 1.92. The molecule has 2 rings (SSSR count). The Bertz CT molecular complexity index is 271. The number of carbonyl (C=O) groups excluding carboxylic acids is 2. The molecule has 2 saturated heterocycles. The molecule has 2 heterocycles. The van der Waals surface area contributed by atoms with Crippen LogP contribution in [0.5, 0.6) is 0 Å². The Morgan fingerprint density at radius 2 is 2.43 bits per heavy atom.